The maximum atomic E-state index is 12.2. The minimum Gasteiger partial charge on any atom is -0.468 e. The van der Waals surface area contributed by atoms with Crippen LogP contribution in [0.1, 0.15) is 32.8 Å². The van der Waals surface area contributed by atoms with E-state index in [4.69, 9.17) is 4.74 Å². The van der Waals surface area contributed by atoms with Gasteiger partial charge in [-0.05, 0) is 32.8 Å². The van der Waals surface area contributed by atoms with Crippen LogP contribution in [0.5, 0.6) is 5.88 Å². The third-order valence-electron chi connectivity index (χ3n) is 4.05. The summed E-state index contributed by atoms with van der Waals surface area (Å²) in [6.07, 6.45) is -2.65. The van der Waals surface area contributed by atoms with Gasteiger partial charge in [-0.1, -0.05) is 6.07 Å². The molecule has 1 aromatic rings. The van der Waals surface area contributed by atoms with Crippen molar-refractivity contribution in [3.05, 3.63) is 23.9 Å². The molecule has 12 heteroatoms. The highest BCUT2D eigenvalue weighted by molar-refractivity contribution is 14.0. The smallest absolute Gasteiger partial charge is 0.422 e. The first-order valence-corrected chi connectivity index (χ1v) is 9.55. The summed E-state index contributed by atoms with van der Waals surface area (Å²) in [6, 6.07) is 2.97. The largest absolute Gasteiger partial charge is 0.468 e. The van der Waals surface area contributed by atoms with Crippen LogP contribution in [-0.4, -0.2) is 66.5 Å². The number of aromatic nitrogens is 1. The monoisotopic (exact) mass is 559 g/mol. The quantitative estimate of drug-likeness (QED) is 0.327. The summed E-state index contributed by atoms with van der Waals surface area (Å²) in [5.41, 5.74) is 0.208. The lowest BCUT2D eigenvalue weighted by Crippen LogP contribution is -2.44. The predicted octanol–water partition coefficient (Wildman–Crippen LogP) is 3.32. The molecule has 176 valence electrons. The molecule has 2 rings (SSSR count). The van der Waals surface area contributed by atoms with Crippen molar-refractivity contribution in [3.8, 4) is 5.88 Å². The second-order valence-electron chi connectivity index (χ2n) is 7.89. The van der Waals surface area contributed by atoms with E-state index in [1.165, 1.54) is 12.3 Å². The molecular formula is C19H29F3IN5O3. The summed E-state index contributed by atoms with van der Waals surface area (Å²) in [7, 11) is 1.66. The van der Waals surface area contributed by atoms with E-state index in [0.29, 0.717) is 25.6 Å². The molecule has 1 aliphatic heterocycles. The number of hydrogen-bond donors (Lipinski definition) is 2. The van der Waals surface area contributed by atoms with Crippen LogP contribution in [0.2, 0.25) is 0 Å². The number of ether oxygens (including phenoxy) is 2. The standard InChI is InChI=1S/C19H28F3N5O3.HI/c1-18(2,3)30-17(28)26-14-7-8-27(11-14)16(23-4)25-10-13-5-6-15(24-9-13)29-12-19(20,21)22;/h5-6,9,14H,7-8,10-12H2,1-4H3,(H,23,25)(H,26,28);1H. The van der Waals surface area contributed by atoms with Gasteiger partial charge >= 0.3 is 12.3 Å². The minimum atomic E-state index is -4.40. The Bertz CT molecular complexity index is 739. The lowest BCUT2D eigenvalue weighted by Gasteiger charge is -2.23. The van der Waals surface area contributed by atoms with Crippen molar-refractivity contribution in [1.82, 2.24) is 20.5 Å². The van der Waals surface area contributed by atoms with Gasteiger partial charge in [-0.2, -0.15) is 13.2 Å². The van der Waals surface area contributed by atoms with Crippen LogP contribution in [0.15, 0.2) is 23.3 Å². The Balaban J connectivity index is 0.00000480. The van der Waals surface area contributed by atoms with Crippen molar-refractivity contribution in [2.24, 2.45) is 4.99 Å². The van der Waals surface area contributed by atoms with Gasteiger partial charge in [0.15, 0.2) is 12.6 Å². The van der Waals surface area contributed by atoms with Crippen LogP contribution in [0.4, 0.5) is 18.0 Å². The van der Waals surface area contributed by atoms with E-state index in [-0.39, 0.29) is 35.9 Å². The molecule has 31 heavy (non-hydrogen) atoms. The highest BCUT2D eigenvalue weighted by Gasteiger charge is 2.29. The highest BCUT2D eigenvalue weighted by Crippen LogP contribution is 2.17. The topological polar surface area (TPSA) is 88.1 Å². The summed E-state index contributed by atoms with van der Waals surface area (Å²) in [4.78, 5) is 22.1. The number of nitrogens with one attached hydrogen (secondary N) is 2. The third-order valence-corrected chi connectivity index (χ3v) is 4.05. The second-order valence-corrected chi connectivity index (χ2v) is 7.89. The average Bonchev–Trinajstić information content (AvgIpc) is 3.07. The van der Waals surface area contributed by atoms with Crippen LogP contribution in [-0.2, 0) is 11.3 Å². The molecule has 0 saturated carbocycles. The maximum absolute atomic E-state index is 12.2. The van der Waals surface area contributed by atoms with Gasteiger partial charge < -0.3 is 25.0 Å². The van der Waals surface area contributed by atoms with Crippen LogP contribution in [0.25, 0.3) is 0 Å². The van der Waals surface area contributed by atoms with Crippen molar-refractivity contribution < 1.29 is 27.4 Å². The number of pyridine rings is 1. The number of nitrogens with zero attached hydrogens (tertiary/aromatic N) is 3. The Kier molecular flexibility index (Phi) is 10.1. The highest BCUT2D eigenvalue weighted by atomic mass is 127. The van der Waals surface area contributed by atoms with Crippen LogP contribution < -0.4 is 15.4 Å². The molecule has 2 heterocycles. The number of alkyl carbamates (subject to hydrolysis) is 1. The summed E-state index contributed by atoms with van der Waals surface area (Å²) < 4.78 is 46.4. The molecule has 0 radical (unpaired) electrons. The number of amides is 1. The summed E-state index contributed by atoms with van der Waals surface area (Å²) in [6.45, 7) is 5.73. The number of alkyl halides is 3. The molecule has 1 fully saturated rings. The first kappa shape index (κ1) is 27.0. The maximum Gasteiger partial charge on any atom is 0.422 e. The predicted molar refractivity (Wildman–Crippen MR) is 121 cm³/mol. The van der Waals surface area contributed by atoms with E-state index in [1.54, 1.807) is 13.1 Å². The van der Waals surface area contributed by atoms with Crippen molar-refractivity contribution in [2.45, 2.75) is 51.6 Å². The van der Waals surface area contributed by atoms with Gasteiger partial charge in [-0.3, -0.25) is 4.99 Å². The van der Waals surface area contributed by atoms with Crippen LogP contribution in [0.3, 0.4) is 0 Å². The van der Waals surface area contributed by atoms with Gasteiger partial charge in [0, 0.05) is 38.9 Å². The fourth-order valence-corrected chi connectivity index (χ4v) is 2.81. The van der Waals surface area contributed by atoms with Crippen LogP contribution in [0, 0.1) is 0 Å². The summed E-state index contributed by atoms with van der Waals surface area (Å²) in [5, 5.41) is 6.04. The van der Waals surface area contributed by atoms with Gasteiger partial charge in [0.25, 0.3) is 0 Å². The Hall–Kier alpha value is -1.99. The number of carbonyl (C=O) groups excluding carboxylic acids is 1. The molecule has 1 aliphatic rings. The summed E-state index contributed by atoms with van der Waals surface area (Å²) >= 11 is 0. The minimum absolute atomic E-state index is 0. The molecule has 2 N–H and O–H groups in total. The molecule has 0 spiro atoms. The number of likely N-dealkylation sites (tertiary alicyclic amines) is 1. The van der Waals surface area contributed by atoms with E-state index in [9.17, 15) is 18.0 Å². The zero-order chi connectivity index (χ0) is 22.4. The molecule has 1 amide bonds. The first-order chi connectivity index (χ1) is 13.9. The zero-order valence-corrected chi connectivity index (χ0v) is 20.3. The van der Waals surface area contributed by atoms with E-state index >= 15 is 0 Å². The molecule has 0 aliphatic carbocycles. The van der Waals surface area contributed by atoms with Gasteiger partial charge in [0.2, 0.25) is 5.88 Å². The molecular weight excluding hydrogens is 530 g/mol. The lowest BCUT2D eigenvalue weighted by atomic mass is 10.2. The van der Waals surface area contributed by atoms with Gasteiger partial charge in [0.1, 0.15) is 5.60 Å². The second kappa shape index (κ2) is 11.6. The summed E-state index contributed by atoms with van der Waals surface area (Å²) in [5.74, 6) is 0.567. The van der Waals surface area contributed by atoms with E-state index in [2.05, 4.69) is 25.3 Å². The normalized spacial score (nSPS) is 17.1. The molecule has 0 aromatic carbocycles. The van der Waals surface area contributed by atoms with E-state index < -0.39 is 24.5 Å². The number of aliphatic imine (C=N–C) groups is 1. The fraction of sp³-hybridized carbons (Fsp3) is 0.632. The third kappa shape index (κ3) is 10.2. The molecule has 0 bridgehead atoms. The van der Waals surface area contributed by atoms with Crippen molar-refractivity contribution in [1.29, 1.82) is 0 Å². The van der Waals surface area contributed by atoms with Crippen molar-refractivity contribution in [2.75, 3.05) is 26.7 Å². The van der Waals surface area contributed by atoms with Crippen LogP contribution >= 0.6 is 24.0 Å². The van der Waals surface area contributed by atoms with Gasteiger partial charge in [-0.25, -0.2) is 9.78 Å². The van der Waals surface area contributed by atoms with E-state index in [0.717, 1.165) is 12.0 Å². The Morgan fingerprint density at radius 2 is 2.03 bits per heavy atom. The lowest BCUT2D eigenvalue weighted by molar-refractivity contribution is -0.154. The molecule has 8 nitrogen and oxygen atoms in total. The van der Waals surface area contributed by atoms with Crippen molar-refractivity contribution in [3.63, 3.8) is 0 Å². The Labute approximate surface area is 197 Å². The average molecular weight is 559 g/mol. The fourth-order valence-electron chi connectivity index (χ4n) is 2.81. The van der Waals surface area contributed by atoms with Crippen molar-refractivity contribution >= 4 is 36.0 Å². The van der Waals surface area contributed by atoms with E-state index in [1.807, 2.05) is 25.7 Å². The first-order valence-electron chi connectivity index (χ1n) is 9.55. The van der Waals surface area contributed by atoms with Gasteiger partial charge in [-0.15, -0.1) is 24.0 Å². The Morgan fingerprint density at radius 3 is 2.58 bits per heavy atom. The molecule has 1 saturated heterocycles. The van der Waals surface area contributed by atoms with Gasteiger partial charge in [0.05, 0.1) is 6.04 Å². The number of hydrogen-bond acceptors (Lipinski definition) is 5. The number of guanidine groups is 1. The SMILES string of the molecule is CN=C(NCc1ccc(OCC(F)(F)F)nc1)N1CCC(NC(=O)OC(C)(C)C)C1.I. The zero-order valence-electron chi connectivity index (χ0n) is 18.0. The Morgan fingerprint density at radius 1 is 1.32 bits per heavy atom. The molecule has 1 aromatic heterocycles. The number of halogens is 4. The number of carbonyl (C=O) groups is 1. The number of rotatable bonds is 5. The molecule has 1 atom stereocenters. The molecule has 1 unspecified atom stereocenters.